The maximum atomic E-state index is 13.4. The number of carbonyl (C=O) groups is 2. The largest absolute Gasteiger partial charge is 0.332 e. The van der Waals surface area contributed by atoms with Crippen LogP contribution in [0.1, 0.15) is 22.3 Å². The Balaban J connectivity index is 1.73. The van der Waals surface area contributed by atoms with Crippen molar-refractivity contribution in [1.82, 2.24) is 4.90 Å². The van der Waals surface area contributed by atoms with E-state index in [4.69, 9.17) is 0 Å². The van der Waals surface area contributed by atoms with E-state index >= 15 is 0 Å². The number of thioether (sulfide) groups is 1. The van der Waals surface area contributed by atoms with Crippen molar-refractivity contribution in [2.24, 2.45) is 0 Å². The number of rotatable bonds is 3. The van der Waals surface area contributed by atoms with Gasteiger partial charge in [0.1, 0.15) is 5.25 Å². The molecule has 3 amide bonds. The second-order valence-electron chi connectivity index (χ2n) is 7.23. The third-order valence-corrected chi connectivity index (χ3v) is 6.26. The van der Waals surface area contributed by atoms with E-state index in [0.29, 0.717) is 12.2 Å². The first kappa shape index (κ1) is 17.9. The fraction of sp³-hybridized carbons (Fsp3) is 0.273. The molecule has 0 aromatic heterocycles. The summed E-state index contributed by atoms with van der Waals surface area (Å²) < 4.78 is 0. The molecule has 0 saturated carbocycles. The van der Waals surface area contributed by atoms with Crippen molar-refractivity contribution in [2.75, 3.05) is 4.90 Å². The predicted molar refractivity (Wildman–Crippen MR) is 110 cm³/mol. The Morgan fingerprint density at radius 2 is 1.78 bits per heavy atom. The maximum absolute atomic E-state index is 13.4. The number of urea groups is 1. The molecule has 0 radical (unpaired) electrons. The van der Waals surface area contributed by atoms with Crippen molar-refractivity contribution >= 4 is 29.4 Å². The average Bonchev–Trinajstić information content (AvgIpc) is 3.12. The second-order valence-corrected chi connectivity index (χ2v) is 8.28. The standard InChI is InChI=1S/C22H22N2O2S/c1-14-5-4-6-18(12-14)24-21(25)20-19(9-10-27-20)23(22(24)26)13-17-11-15(2)7-8-16(17)3/h4-12,19-20H,13H2,1-3H3. The maximum Gasteiger partial charge on any atom is 0.332 e. The molecule has 2 heterocycles. The van der Waals surface area contributed by atoms with Gasteiger partial charge in [0.05, 0.1) is 11.7 Å². The Bertz CT molecular complexity index is 953. The van der Waals surface area contributed by atoms with E-state index in [-0.39, 0.29) is 23.2 Å². The highest BCUT2D eigenvalue weighted by molar-refractivity contribution is 8.03. The molecule has 2 aliphatic heterocycles. The lowest BCUT2D eigenvalue weighted by atomic mass is 10.0. The quantitative estimate of drug-likeness (QED) is 0.785. The highest BCUT2D eigenvalue weighted by Gasteiger charge is 2.47. The van der Waals surface area contributed by atoms with Crippen molar-refractivity contribution in [3.8, 4) is 0 Å². The summed E-state index contributed by atoms with van der Waals surface area (Å²) >= 11 is 1.50. The first-order valence-electron chi connectivity index (χ1n) is 9.05. The van der Waals surface area contributed by atoms with Crippen LogP contribution in [0.25, 0.3) is 0 Å². The van der Waals surface area contributed by atoms with Gasteiger partial charge in [0.2, 0.25) is 0 Å². The lowest BCUT2D eigenvalue weighted by Gasteiger charge is -2.41. The first-order chi connectivity index (χ1) is 13.0. The zero-order valence-corrected chi connectivity index (χ0v) is 16.5. The summed E-state index contributed by atoms with van der Waals surface area (Å²) in [5.74, 6) is -0.136. The van der Waals surface area contributed by atoms with Crippen molar-refractivity contribution in [2.45, 2.75) is 38.6 Å². The van der Waals surface area contributed by atoms with Crippen LogP contribution in [0.2, 0.25) is 0 Å². The molecule has 2 aromatic carbocycles. The Kier molecular flexibility index (Phi) is 4.56. The molecule has 1 saturated heterocycles. The molecular weight excluding hydrogens is 356 g/mol. The van der Waals surface area contributed by atoms with Crippen molar-refractivity contribution in [3.05, 3.63) is 76.2 Å². The molecule has 2 unspecified atom stereocenters. The van der Waals surface area contributed by atoms with Gasteiger partial charge in [0.25, 0.3) is 5.91 Å². The van der Waals surface area contributed by atoms with E-state index in [0.717, 1.165) is 16.7 Å². The van der Waals surface area contributed by atoms with Crippen molar-refractivity contribution in [3.63, 3.8) is 0 Å². The molecule has 138 valence electrons. The normalized spacial score (nSPS) is 21.7. The molecule has 0 bridgehead atoms. The Labute approximate surface area is 163 Å². The van der Waals surface area contributed by atoms with E-state index < -0.39 is 0 Å². The highest BCUT2D eigenvalue weighted by Crippen LogP contribution is 2.37. The van der Waals surface area contributed by atoms with E-state index in [2.05, 4.69) is 32.0 Å². The summed E-state index contributed by atoms with van der Waals surface area (Å²) in [6.07, 6.45) is 1.98. The third-order valence-electron chi connectivity index (χ3n) is 5.18. The van der Waals surface area contributed by atoms with Gasteiger partial charge in [-0.2, -0.15) is 0 Å². The van der Waals surface area contributed by atoms with Gasteiger partial charge in [-0.15, -0.1) is 11.8 Å². The monoisotopic (exact) mass is 378 g/mol. The molecule has 27 heavy (non-hydrogen) atoms. The summed E-state index contributed by atoms with van der Waals surface area (Å²) in [5, 5.41) is 1.66. The SMILES string of the molecule is Cc1cccc(N2C(=O)C3SC=CC3N(Cc3cc(C)ccc3C)C2=O)c1. The molecule has 4 nitrogen and oxygen atoms in total. The van der Waals surface area contributed by atoms with Gasteiger partial charge in [-0.25, -0.2) is 9.69 Å². The third kappa shape index (κ3) is 3.16. The van der Waals surface area contributed by atoms with Crippen LogP contribution in [0.4, 0.5) is 10.5 Å². The van der Waals surface area contributed by atoms with Gasteiger partial charge < -0.3 is 4.90 Å². The van der Waals surface area contributed by atoms with Crippen LogP contribution in [0.3, 0.4) is 0 Å². The number of anilines is 1. The molecule has 2 atom stereocenters. The molecular formula is C22H22N2O2S. The molecule has 2 aromatic rings. The minimum absolute atomic E-state index is 0.136. The zero-order chi connectivity index (χ0) is 19.1. The summed E-state index contributed by atoms with van der Waals surface area (Å²) in [5.41, 5.74) is 5.10. The number of aryl methyl sites for hydroxylation is 3. The van der Waals surface area contributed by atoms with Crippen molar-refractivity contribution in [1.29, 1.82) is 0 Å². The van der Waals surface area contributed by atoms with Crippen LogP contribution in [-0.4, -0.2) is 28.1 Å². The topological polar surface area (TPSA) is 40.6 Å². The van der Waals surface area contributed by atoms with Crippen molar-refractivity contribution < 1.29 is 9.59 Å². The smallest absolute Gasteiger partial charge is 0.312 e. The fourth-order valence-electron chi connectivity index (χ4n) is 3.67. The van der Waals surface area contributed by atoms with Gasteiger partial charge in [-0.1, -0.05) is 42.0 Å². The van der Waals surface area contributed by atoms with Gasteiger partial charge in [-0.05, 0) is 55.0 Å². The van der Waals surface area contributed by atoms with E-state index in [1.54, 1.807) is 0 Å². The van der Waals surface area contributed by atoms with Crippen LogP contribution in [-0.2, 0) is 11.3 Å². The number of benzene rings is 2. The minimum atomic E-state index is -0.284. The predicted octanol–water partition coefficient (Wildman–Crippen LogP) is 4.58. The molecule has 0 spiro atoms. The number of fused-ring (bicyclic) bond motifs is 1. The summed E-state index contributed by atoms with van der Waals surface area (Å²) in [6, 6.07) is 13.4. The Morgan fingerprint density at radius 3 is 2.56 bits per heavy atom. The summed E-state index contributed by atoms with van der Waals surface area (Å²) in [7, 11) is 0. The van der Waals surface area contributed by atoms with Crippen LogP contribution in [0, 0.1) is 20.8 Å². The van der Waals surface area contributed by atoms with Gasteiger partial charge >= 0.3 is 6.03 Å². The summed E-state index contributed by atoms with van der Waals surface area (Å²) in [6.45, 7) is 6.57. The Morgan fingerprint density at radius 1 is 1.00 bits per heavy atom. The van der Waals surface area contributed by atoms with Crippen LogP contribution < -0.4 is 4.90 Å². The number of carbonyl (C=O) groups excluding carboxylic acids is 2. The second kappa shape index (κ2) is 6.89. The number of imide groups is 1. The van der Waals surface area contributed by atoms with E-state index in [1.807, 2.05) is 47.6 Å². The Hall–Kier alpha value is -2.53. The number of amides is 3. The molecule has 2 aliphatic rings. The lowest BCUT2D eigenvalue weighted by molar-refractivity contribution is -0.119. The number of nitrogens with zero attached hydrogens (tertiary/aromatic N) is 2. The van der Waals surface area contributed by atoms with Gasteiger partial charge in [-0.3, -0.25) is 4.79 Å². The zero-order valence-electron chi connectivity index (χ0n) is 15.7. The fourth-order valence-corrected chi connectivity index (χ4v) is 4.71. The highest BCUT2D eigenvalue weighted by atomic mass is 32.2. The molecule has 0 aliphatic carbocycles. The van der Waals surface area contributed by atoms with Crippen LogP contribution in [0.15, 0.2) is 53.9 Å². The molecule has 1 fully saturated rings. The molecule has 4 rings (SSSR count). The average molecular weight is 378 g/mol. The first-order valence-corrected chi connectivity index (χ1v) is 9.99. The van der Waals surface area contributed by atoms with Gasteiger partial charge in [0.15, 0.2) is 0 Å². The van der Waals surface area contributed by atoms with Crippen LogP contribution >= 0.6 is 11.8 Å². The molecule has 5 heteroatoms. The lowest BCUT2D eigenvalue weighted by Crippen LogP contribution is -2.61. The number of hydrogen-bond acceptors (Lipinski definition) is 3. The molecule has 0 N–H and O–H groups in total. The number of hydrogen-bond donors (Lipinski definition) is 0. The van der Waals surface area contributed by atoms with E-state index in [9.17, 15) is 9.59 Å². The summed E-state index contributed by atoms with van der Waals surface area (Å²) in [4.78, 5) is 29.6. The minimum Gasteiger partial charge on any atom is -0.312 e. The van der Waals surface area contributed by atoms with Crippen LogP contribution in [0.5, 0.6) is 0 Å². The van der Waals surface area contributed by atoms with Gasteiger partial charge in [0, 0.05) is 6.54 Å². The van der Waals surface area contributed by atoms with E-state index in [1.165, 1.54) is 22.2 Å².